The Morgan fingerprint density at radius 3 is 2.62 bits per heavy atom. The number of nitrogens with one attached hydrogen (secondary N) is 1. The Kier molecular flexibility index (Phi) is 5.92. The topological polar surface area (TPSA) is 30.5 Å². The van der Waals surface area contributed by atoms with E-state index < -0.39 is 0 Å². The Balaban J connectivity index is 2.03. The Labute approximate surface area is 129 Å². The predicted octanol–water partition coefficient (Wildman–Crippen LogP) is 4.32. The molecule has 1 fully saturated rings. The summed E-state index contributed by atoms with van der Waals surface area (Å²) in [6.07, 6.45) is 6.62. The summed E-state index contributed by atoms with van der Waals surface area (Å²) in [5, 5.41) is 3.79. The van der Waals surface area contributed by atoms with Crippen molar-refractivity contribution in [2.24, 2.45) is 5.92 Å². The Morgan fingerprint density at radius 2 is 1.90 bits per heavy atom. The van der Waals surface area contributed by atoms with Crippen LogP contribution in [0.5, 0.6) is 11.5 Å². The molecule has 3 unspecified atom stereocenters. The van der Waals surface area contributed by atoms with Gasteiger partial charge in [0.05, 0.1) is 14.2 Å². The number of ether oxygens (including phenoxy) is 2. The molecule has 3 heteroatoms. The van der Waals surface area contributed by atoms with Gasteiger partial charge in [0, 0.05) is 23.7 Å². The molecular formula is C18H29NO2. The van der Waals surface area contributed by atoms with Crippen molar-refractivity contribution in [2.75, 3.05) is 14.2 Å². The van der Waals surface area contributed by atoms with Crippen molar-refractivity contribution in [1.82, 2.24) is 5.32 Å². The number of methoxy groups -OCH3 is 2. The molecule has 2 rings (SSSR count). The third-order valence-electron chi connectivity index (χ3n) is 4.65. The minimum absolute atomic E-state index is 0.296. The van der Waals surface area contributed by atoms with Gasteiger partial charge in [0.15, 0.2) is 0 Å². The fraction of sp³-hybridized carbons (Fsp3) is 0.667. The van der Waals surface area contributed by atoms with E-state index in [9.17, 15) is 0 Å². The molecule has 0 aromatic heterocycles. The molecule has 0 saturated heterocycles. The van der Waals surface area contributed by atoms with Gasteiger partial charge in [-0.05, 0) is 38.2 Å². The third-order valence-corrected chi connectivity index (χ3v) is 4.65. The fourth-order valence-electron chi connectivity index (χ4n) is 3.27. The zero-order valence-electron chi connectivity index (χ0n) is 13.8. The van der Waals surface area contributed by atoms with Crippen molar-refractivity contribution >= 4 is 0 Å². The van der Waals surface area contributed by atoms with Gasteiger partial charge in [-0.1, -0.05) is 25.8 Å². The Hall–Kier alpha value is -1.22. The monoisotopic (exact) mass is 291 g/mol. The molecule has 0 spiro atoms. The molecule has 1 aliphatic rings. The van der Waals surface area contributed by atoms with Crippen LogP contribution in [0, 0.1) is 5.92 Å². The highest BCUT2D eigenvalue weighted by molar-refractivity contribution is 5.42. The number of rotatable bonds is 5. The van der Waals surface area contributed by atoms with Crippen molar-refractivity contribution in [2.45, 2.75) is 58.0 Å². The minimum atomic E-state index is 0.296. The van der Waals surface area contributed by atoms with Crippen LogP contribution in [0.15, 0.2) is 18.2 Å². The van der Waals surface area contributed by atoms with E-state index in [4.69, 9.17) is 9.47 Å². The van der Waals surface area contributed by atoms with Crippen molar-refractivity contribution in [1.29, 1.82) is 0 Å². The van der Waals surface area contributed by atoms with Crippen LogP contribution in [0.2, 0.25) is 0 Å². The van der Waals surface area contributed by atoms with Crippen LogP contribution in [0.1, 0.15) is 57.6 Å². The largest absolute Gasteiger partial charge is 0.497 e. The fourth-order valence-corrected chi connectivity index (χ4v) is 3.27. The van der Waals surface area contributed by atoms with Gasteiger partial charge in [-0.25, -0.2) is 0 Å². The molecule has 1 aliphatic carbocycles. The summed E-state index contributed by atoms with van der Waals surface area (Å²) in [6, 6.07) is 6.99. The first kappa shape index (κ1) is 16.2. The van der Waals surface area contributed by atoms with Gasteiger partial charge < -0.3 is 14.8 Å². The molecule has 0 radical (unpaired) electrons. The number of hydrogen-bond acceptors (Lipinski definition) is 3. The van der Waals surface area contributed by atoms with E-state index in [-0.39, 0.29) is 0 Å². The molecule has 3 nitrogen and oxygen atoms in total. The highest BCUT2D eigenvalue weighted by atomic mass is 16.5. The summed E-state index contributed by atoms with van der Waals surface area (Å²) in [6.45, 7) is 4.59. The lowest BCUT2D eigenvalue weighted by molar-refractivity contribution is 0.372. The molecule has 21 heavy (non-hydrogen) atoms. The van der Waals surface area contributed by atoms with Crippen LogP contribution in [-0.4, -0.2) is 20.3 Å². The Bertz CT molecular complexity index is 447. The molecule has 3 atom stereocenters. The first-order valence-corrected chi connectivity index (χ1v) is 8.12. The summed E-state index contributed by atoms with van der Waals surface area (Å²) in [7, 11) is 3.40. The lowest BCUT2D eigenvalue weighted by Gasteiger charge is -2.24. The maximum absolute atomic E-state index is 5.52. The van der Waals surface area contributed by atoms with Crippen molar-refractivity contribution in [3.63, 3.8) is 0 Å². The van der Waals surface area contributed by atoms with E-state index >= 15 is 0 Å². The van der Waals surface area contributed by atoms with E-state index in [2.05, 4.69) is 25.2 Å². The van der Waals surface area contributed by atoms with Crippen LogP contribution in [-0.2, 0) is 0 Å². The quantitative estimate of drug-likeness (QED) is 0.819. The van der Waals surface area contributed by atoms with Gasteiger partial charge in [0.2, 0.25) is 0 Å². The number of hydrogen-bond donors (Lipinski definition) is 1. The summed E-state index contributed by atoms with van der Waals surface area (Å²) in [4.78, 5) is 0. The van der Waals surface area contributed by atoms with E-state index in [1.165, 1.54) is 37.7 Å². The first-order chi connectivity index (χ1) is 10.1. The second-order valence-corrected chi connectivity index (χ2v) is 6.31. The first-order valence-electron chi connectivity index (χ1n) is 8.12. The molecule has 0 bridgehead atoms. The number of benzene rings is 1. The molecule has 1 aromatic carbocycles. The van der Waals surface area contributed by atoms with E-state index in [0.29, 0.717) is 12.1 Å². The lowest BCUT2D eigenvalue weighted by Crippen LogP contribution is -2.31. The van der Waals surface area contributed by atoms with Crippen LogP contribution < -0.4 is 14.8 Å². The smallest absolute Gasteiger partial charge is 0.127 e. The molecule has 0 heterocycles. The van der Waals surface area contributed by atoms with Gasteiger partial charge >= 0.3 is 0 Å². The molecule has 0 aliphatic heterocycles. The predicted molar refractivity (Wildman–Crippen MR) is 87.1 cm³/mol. The van der Waals surface area contributed by atoms with E-state index in [1.54, 1.807) is 14.2 Å². The molecular weight excluding hydrogens is 262 g/mol. The van der Waals surface area contributed by atoms with Crippen LogP contribution in [0.4, 0.5) is 0 Å². The standard InChI is InChI=1S/C18H29NO2/c1-13-6-5-7-15(9-8-13)19-14(2)17-11-10-16(20-3)12-18(17)21-4/h10-15,19H,5-9H2,1-4H3. The summed E-state index contributed by atoms with van der Waals surface area (Å²) in [5.41, 5.74) is 1.20. The minimum Gasteiger partial charge on any atom is -0.497 e. The zero-order chi connectivity index (χ0) is 15.2. The summed E-state index contributed by atoms with van der Waals surface area (Å²) < 4.78 is 10.8. The average molecular weight is 291 g/mol. The second-order valence-electron chi connectivity index (χ2n) is 6.31. The average Bonchev–Trinajstić information content (AvgIpc) is 2.71. The van der Waals surface area contributed by atoms with Gasteiger partial charge in [-0.3, -0.25) is 0 Å². The highest BCUT2D eigenvalue weighted by Crippen LogP contribution is 2.31. The summed E-state index contributed by atoms with van der Waals surface area (Å²) >= 11 is 0. The lowest BCUT2D eigenvalue weighted by atomic mass is 10.0. The Morgan fingerprint density at radius 1 is 1.10 bits per heavy atom. The van der Waals surface area contributed by atoms with Crippen molar-refractivity contribution in [3.05, 3.63) is 23.8 Å². The maximum atomic E-state index is 5.52. The summed E-state index contributed by atoms with van der Waals surface area (Å²) in [5.74, 6) is 2.62. The van der Waals surface area contributed by atoms with Crippen LogP contribution in [0.3, 0.4) is 0 Å². The zero-order valence-corrected chi connectivity index (χ0v) is 13.8. The van der Waals surface area contributed by atoms with Gasteiger partial charge in [0.25, 0.3) is 0 Å². The van der Waals surface area contributed by atoms with E-state index in [0.717, 1.165) is 17.4 Å². The molecule has 1 saturated carbocycles. The normalized spacial score (nSPS) is 24.2. The van der Waals surface area contributed by atoms with Crippen molar-refractivity contribution < 1.29 is 9.47 Å². The van der Waals surface area contributed by atoms with Gasteiger partial charge in [0.1, 0.15) is 11.5 Å². The molecule has 1 aromatic rings. The SMILES string of the molecule is COc1ccc(C(C)NC2CCCC(C)CC2)c(OC)c1. The van der Waals surface area contributed by atoms with Gasteiger partial charge in [-0.15, -0.1) is 0 Å². The molecule has 118 valence electrons. The molecule has 1 N–H and O–H groups in total. The van der Waals surface area contributed by atoms with Crippen LogP contribution in [0.25, 0.3) is 0 Å². The third kappa shape index (κ3) is 4.37. The second kappa shape index (κ2) is 7.69. The van der Waals surface area contributed by atoms with Crippen LogP contribution >= 0.6 is 0 Å². The van der Waals surface area contributed by atoms with Crippen molar-refractivity contribution in [3.8, 4) is 11.5 Å². The van der Waals surface area contributed by atoms with Gasteiger partial charge in [-0.2, -0.15) is 0 Å². The van der Waals surface area contributed by atoms with E-state index in [1.807, 2.05) is 12.1 Å². The highest BCUT2D eigenvalue weighted by Gasteiger charge is 2.20. The molecule has 0 amide bonds. The maximum Gasteiger partial charge on any atom is 0.127 e.